The zero-order valence-electron chi connectivity index (χ0n) is 44.2. The average molecular weight is 1010 g/mol. The van der Waals surface area contributed by atoms with Crippen molar-refractivity contribution < 1.29 is 73.1 Å². The van der Waals surface area contributed by atoms with Gasteiger partial charge in [0.05, 0.1) is 66.5 Å². The number of Topliss-reactive ketones (excluding diaryl/α,β-unsaturated/α-hetero) is 1. The largest absolute Gasteiger partial charge is 0.493 e. The monoisotopic (exact) mass is 1000 g/mol. The molecular formula is C52H84N4O15. The Labute approximate surface area is 419 Å². The predicted octanol–water partition coefficient (Wildman–Crippen LogP) is 3.91. The van der Waals surface area contributed by atoms with Gasteiger partial charge in [0.1, 0.15) is 41.0 Å². The lowest BCUT2D eigenvalue weighted by Crippen LogP contribution is -2.62. The number of hydrogen-bond acceptors (Lipinski definition) is 18. The van der Waals surface area contributed by atoms with E-state index < -0.39 is 125 Å². The van der Waals surface area contributed by atoms with Crippen LogP contribution in [-0.2, 0) is 51.0 Å². The molecule has 1 aromatic heterocycles. The molecule has 18 atom stereocenters. The number of benzene rings is 1. The molecule has 4 heterocycles. The number of esters is 2. The number of ether oxygens (including phenoxy) is 7. The van der Waals surface area contributed by atoms with Crippen molar-refractivity contribution in [3.8, 4) is 5.75 Å². The quantitative estimate of drug-likeness (QED) is 0.118. The van der Waals surface area contributed by atoms with E-state index in [9.17, 15) is 39.9 Å². The van der Waals surface area contributed by atoms with Crippen molar-refractivity contribution in [2.75, 3.05) is 33.9 Å². The highest BCUT2D eigenvalue weighted by Crippen LogP contribution is 2.45. The van der Waals surface area contributed by atoms with Crippen LogP contribution in [0.25, 0.3) is 0 Å². The van der Waals surface area contributed by atoms with Crippen molar-refractivity contribution in [2.45, 2.75) is 199 Å². The van der Waals surface area contributed by atoms with Crippen LogP contribution >= 0.6 is 0 Å². The van der Waals surface area contributed by atoms with Crippen molar-refractivity contribution in [3.05, 3.63) is 41.7 Å². The van der Waals surface area contributed by atoms with Crippen LogP contribution in [0.5, 0.6) is 5.75 Å². The lowest BCUT2D eigenvalue weighted by Gasteiger charge is -2.51. The summed E-state index contributed by atoms with van der Waals surface area (Å²) >= 11 is 0. The molecular weight excluding hydrogens is 921 g/mol. The number of likely N-dealkylation sites (N-methyl/N-ethyl adjacent to an activating group) is 1. The molecule has 3 aliphatic heterocycles. The summed E-state index contributed by atoms with van der Waals surface area (Å²) in [6.45, 7) is 20.0. The number of aliphatic hydroxyl groups excluding tert-OH is 3. The fourth-order valence-corrected chi connectivity index (χ4v) is 11.3. The first kappa shape index (κ1) is 58.3. The molecule has 5 N–H and O–H groups in total. The highest BCUT2D eigenvalue weighted by molar-refractivity contribution is 5.92. The lowest BCUT2D eigenvalue weighted by molar-refractivity contribution is -0.302. The molecule has 0 saturated carbocycles. The molecule has 19 nitrogen and oxygen atoms in total. The first-order valence-corrected chi connectivity index (χ1v) is 25.5. The Balaban J connectivity index is 1.38. The van der Waals surface area contributed by atoms with Crippen molar-refractivity contribution >= 4 is 17.7 Å². The number of aliphatic hydroxyl groups is 5. The van der Waals surface area contributed by atoms with Gasteiger partial charge in [0, 0.05) is 69.5 Å². The van der Waals surface area contributed by atoms with Gasteiger partial charge in [0.15, 0.2) is 6.29 Å². The topological polar surface area (TPSA) is 251 Å². The van der Waals surface area contributed by atoms with Crippen molar-refractivity contribution in [1.82, 2.24) is 19.9 Å². The van der Waals surface area contributed by atoms with E-state index in [1.807, 2.05) is 32.0 Å². The standard InChI is InChI=1S/C52H84N4O15/c1-14-40-52(11,64)44(59)33(7)42(57)29(3)26-50(9,63)46(31(5)41(32(6)47(61)70-40)39-27-51(10,65-13)45(60)34(8)69-39)71-49-43(58)37(25-30(4)68-49)55(12)23-21-35-28-56(54-53-35)22-18-24-67-38-20-17-16-19-36(38)48(62)66-15-2/h16-17,19-20,28-34,37,39-41,43-46,49,58-60,63-64H,14-15,18,21-27H2,1-13H3/t29-,30-,31+,32-,33+,34+,37+,39-,40-,41?,43-,44-,45+,46-,49+,50-,51-,52-/m1/s1. The Morgan fingerprint density at radius 2 is 1.65 bits per heavy atom. The van der Waals surface area contributed by atoms with Gasteiger partial charge in [-0.05, 0) is 85.9 Å². The maximum absolute atomic E-state index is 14.5. The van der Waals surface area contributed by atoms with Crippen LogP contribution in [0, 0.1) is 29.6 Å². The molecule has 3 saturated heterocycles. The van der Waals surface area contributed by atoms with Gasteiger partial charge in [-0.1, -0.05) is 52.0 Å². The van der Waals surface area contributed by atoms with Gasteiger partial charge in [-0.3, -0.25) is 14.3 Å². The Kier molecular flexibility index (Phi) is 20.2. The molecule has 3 fully saturated rings. The maximum Gasteiger partial charge on any atom is 0.341 e. The SMILES string of the molecule is CCOC(=O)c1ccccc1OCCCn1cc(CCN(C)[C@H]2C[C@@H](C)O[C@@H](O[C@@H]3[C@@H](C)C([C@H]4C[C@@](C)(OC)[C@@H](O)[C@H](C)O4)[C@@H](C)C(=O)O[C@H](CC)[C@@](C)(O)[C@H](O)[C@@H](C)C(=O)[C@H](C)C[C@@]3(C)O)[C@@H]2O)nn1. The van der Waals surface area contributed by atoms with Crippen LogP contribution in [-0.4, -0.2) is 175 Å². The summed E-state index contributed by atoms with van der Waals surface area (Å²) in [5.41, 5.74) is -3.83. The van der Waals surface area contributed by atoms with Gasteiger partial charge >= 0.3 is 11.9 Å². The lowest BCUT2D eigenvalue weighted by atomic mass is 9.67. The van der Waals surface area contributed by atoms with E-state index in [2.05, 4.69) is 10.3 Å². The van der Waals surface area contributed by atoms with Crippen LogP contribution in [0.15, 0.2) is 30.5 Å². The van der Waals surface area contributed by atoms with Crippen LogP contribution < -0.4 is 4.74 Å². The molecule has 0 spiro atoms. The Morgan fingerprint density at radius 3 is 2.31 bits per heavy atom. The summed E-state index contributed by atoms with van der Waals surface area (Å²) in [6.07, 6.45) is -5.93. The van der Waals surface area contributed by atoms with Gasteiger partial charge in [0.2, 0.25) is 0 Å². The molecule has 0 radical (unpaired) electrons. The number of rotatable bonds is 16. The first-order valence-electron chi connectivity index (χ1n) is 25.5. The summed E-state index contributed by atoms with van der Waals surface area (Å²) < 4.78 is 44.6. The van der Waals surface area contributed by atoms with Gasteiger partial charge in [-0.15, -0.1) is 5.10 Å². The van der Waals surface area contributed by atoms with Gasteiger partial charge in [-0.25, -0.2) is 4.79 Å². The number of cyclic esters (lactones) is 1. The number of para-hydroxylation sites is 1. The molecule has 1 aromatic carbocycles. The van der Waals surface area contributed by atoms with E-state index in [1.54, 1.807) is 77.4 Å². The minimum Gasteiger partial charge on any atom is -0.493 e. The number of methoxy groups -OCH3 is 1. The smallest absolute Gasteiger partial charge is 0.341 e. The molecule has 5 rings (SSSR count). The van der Waals surface area contributed by atoms with E-state index >= 15 is 0 Å². The zero-order valence-corrected chi connectivity index (χ0v) is 44.2. The van der Waals surface area contributed by atoms with Gasteiger partial charge < -0.3 is 63.6 Å². The second-order valence-electron chi connectivity index (χ2n) is 21.2. The van der Waals surface area contributed by atoms with Crippen molar-refractivity contribution in [3.63, 3.8) is 0 Å². The van der Waals surface area contributed by atoms with Crippen molar-refractivity contribution in [2.24, 2.45) is 29.6 Å². The summed E-state index contributed by atoms with van der Waals surface area (Å²) in [5.74, 6) is -5.66. The Bertz CT molecular complexity index is 2050. The number of aromatic nitrogens is 3. The van der Waals surface area contributed by atoms with E-state index in [-0.39, 0.29) is 25.9 Å². The van der Waals surface area contributed by atoms with Crippen LogP contribution in [0.3, 0.4) is 0 Å². The third-order valence-corrected chi connectivity index (χ3v) is 15.6. The number of aryl methyl sites for hydroxylation is 1. The summed E-state index contributed by atoms with van der Waals surface area (Å²) in [6, 6.07) is 6.48. The molecule has 19 heteroatoms. The summed E-state index contributed by atoms with van der Waals surface area (Å²) in [4.78, 5) is 43.0. The molecule has 3 aliphatic rings. The van der Waals surface area contributed by atoms with E-state index in [0.717, 1.165) is 5.69 Å². The third-order valence-electron chi connectivity index (χ3n) is 15.6. The van der Waals surface area contributed by atoms with Crippen LogP contribution in [0.4, 0.5) is 0 Å². The number of carbonyl (C=O) groups is 3. The number of hydrogen-bond donors (Lipinski definition) is 5. The molecule has 402 valence electrons. The second kappa shape index (κ2) is 24.6. The minimum absolute atomic E-state index is 0.128. The number of carbonyl (C=O) groups excluding carboxylic acids is 3. The van der Waals surface area contributed by atoms with E-state index in [1.165, 1.54) is 21.0 Å². The Morgan fingerprint density at radius 1 is 0.958 bits per heavy atom. The third kappa shape index (κ3) is 13.6. The van der Waals surface area contributed by atoms with Crippen LogP contribution in [0.1, 0.15) is 124 Å². The second-order valence-corrected chi connectivity index (χ2v) is 21.2. The van der Waals surface area contributed by atoms with Gasteiger partial charge in [-0.2, -0.15) is 0 Å². The average Bonchev–Trinajstić information content (AvgIpc) is 3.79. The molecule has 2 aromatic rings. The maximum atomic E-state index is 14.5. The Hall–Kier alpha value is -3.63. The highest BCUT2D eigenvalue weighted by atomic mass is 16.7. The minimum atomic E-state index is -2.01. The van der Waals surface area contributed by atoms with Crippen LogP contribution in [0.2, 0.25) is 0 Å². The summed E-state index contributed by atoms with van der Waals surface area (Å²) in [5, 5.41) is 68.2. The van der Waals surface area contributed by atoms with Crippen molar-refractivity contribution in [1.29, 1.82) is 0 Å². The van der Waals surface area contributed by atoms with Gasteiger partial charge in [0.25, 0.3) is 0 Å². The zero-order chi connectivity index (χ0) is 52.7. The highest BCUT2D eigenvalue weighted by Gasteiger charge is 2.55. The molecule has 0 amide bonds. The number of nitrogens with zero attached hydrogens (tertiary/aromatic N) is 4. The number of ketones is 1. The predicted molar refractivity (Wildman–Crippen MR) is 260 cm³/mol. The first-order chi connectivity index (χ1) is 33.3. The molecule has 0 aliphatic carbocycles. The molecule has 1 unspecified atom stereocenters. The van der Waals surface area contributed by atoms with E-state index in [4.69, 9.17) is 33.2 Å². The molecule has 0 bridgehead atoms. The normalized spacial score (nSPS) is 38.9. The van der Waals surface area contributed by atoms with E-state index in [0.29, 0.717) is 50.3 Å². The summed E-state index contributed by atoms with van der Waals surface area (Å²) in [7, 11) is 3.40. The molecule has 71 heavy (non-hydrogen) atoms. The fraction of sp³-hybridized carbons (Fsp3) is 0.788. The fourth-order valence-electron chi connectivity index (χ4n) is 11.3.